The molecule has 1 amide bonds. The third-order valence-corrected chi connectivity index (χ3v) is 7.37. The molecule has 1 unspecified atom stereocenters. The van der Waals surface area contributed by atoms with Crippen molar-refractivity contribution >= 4 is 17.5 Å². The van der Waals surface area contributed by atoms with E-state index < -0.39 is 11.0 Å². The summed E-state index contributed by atoms with van der Waals surface area (Å²) in [4.78, 5) is 17.8. The molecule has 0 spiro atoms. The molecule has 0 aromatic heterocycles. The smallest absolute Gasteiger partial charge is 0.236 e. The van der Waals surface area contributed by atoms with Crippen LogP contribution in [0.1, 0.15) is 58.1 Å². The Morgan fingerprint density at radius 1 is 1.08 bits per heavy atom. The maximum atomic E-state index is 13.8. The minimum Gasteiger partial charge on any atom is -0.385 e. The molecule has 0 bridgehead atoms. The summed E-state index contributed by atoms with van der Waals surface area (Å²) in [7, 11) is 3.66. The summed E-state index contributed by atoms with van der Waals surface area (Å²) in [6.45, 7) is 10.4. The van der Waals surface area contributed by atoms with E-state index >= 15 is 0 Å². The molecule has 4 nitrogen and oxygen atoms in total. The van der Waals surface area contributed by atoms with E-state index in [1.165, 1.54) is 0 Å². The van der Waals surface area contributed by atoms with Gasteiger partial charge in [-0.25, -0.2) is 0 Å². The van der Waals surface area contributed by atoms with Gasteiger partial charge in [0.1, 0.15) is 0 Å². The van der Waals surface area contributed by atoms with E-state index in [1.807, 2.05) is 89.5 Å². The zero-order valence-corrected chi connectivity index (χ0v) is 23.6. The number of rotatable bonds is 8. The van der Waals surface area contributed by atoms with Gasteiger partial charge in [-0.15, -0.1) is 0 Å². The van der Waals surface area contributed by atoms with E-state index in [9.17, 15) is 9.90 Å². The van der Waals surface area contributed by atoms with Gasteiger partial charge in [-0.1, -0.05) is 91.7 Å². The van der Waals surface area contributed by atoms with Crippen molar-refractivity contribution in [3.05, 3.63) is 94.5 Å². The molecule has 196 valence electrons. The van der Waals surface area contributed by atoms with Crippen molar-refractivity contribution in [1.82, 2.24) is 9.80 Å². The highest BCUT2D eigenvalue weighted by atomic mass is 35.5. The van der Waals surface area contributed by atoms with Crippen LogP contribution in [-0.2, 0) is 15.8 Å². The fourth-order valence-electron chi connectivity index (χ4n) is 4.98. The predicted octanol–water partition coefficient (Wildman–Crippen LogP) is 6.59. The molecule has 1 aliphatic rings. The highest BCUT2D eigenvalue weighted by molar-refractivity contribution is 6.30. The van der Waals surface area contributed by atoms with E-state index in [-0.39, 0.29) is 5.91 Å². The first-order valence-electron chi connectivity index (χ1n) is 13.0. The van der Waals surface area contributed by atoms with Crippen molar-refractivity contribution < 1.29 is 9.90 Å². The lowest BCUT2D eigenvalue weighted by Gasteiger charge is -2.41. The minimum absolute atomic E-state index is 0.0895. The van der Waals surface area contributed by atoms with Gasteiger partial charge in [0.05, 0.1) is 11.0 Å². The highest BCUT2D eigenvalue weighted by Gasteiger charge is 2.43. The summed E-state index contributed by atoms with van der Waals surface area (Å²) in [6, 6.07) is 17.6. The van der Waals surface area contributed by atoms with Gasteiger partial charge in [-0.05, 0) is 62.9 Å². The van der Waals surface area contributed by atoms with E-state index in [2.05, 4.69) is 30.0 Å². The van der Waals surface area contributed by atoms with E-state index in [0.717, 1.165) is 36.3 Å². The molecule has 0 saturated carbocycles. The number of likely N-dealkylation sites (tertiary alicyclic amines) is 1. The second-order valence-corrected chi connectivity index (χ2v) is 9.91. The van der Waals surface area contributed by atoms with Crippen molar-refractivity contribution in [3.63, 3.8) is 0 Å². The second kappa shape index (κ2) is 13.8. The molecule has 1 N–H and O–H groups in total. The number of likely N-dealkylation sites (N-methyl/N-ethyl adjacent to an activating group) is 1. The monoisotopic (exact) mass is 510 g/mol. The Bertz CT molecular complexity index is 1010. The first-order valence-corrected chi connectivity index (χ1v) is 13.4. The molecule has 36 heavy (non-hydrogen) atoms. The molecule has 5 heteroatoms. The van der Waals surface area contributed by atoms with Crippen LogP contribution in [0.3, 0.4) is 0 Å². The number of allylic oxidation sites excluding steroid dienone is 3. The molecule has 1 fully saturated rings. The van der Waals surface area contributed by atoms with Gasteiger partial charge in [-0.3, -0.25) is 4.79 Å². The number of hydrogen-bond donors (Lipinski definition) is 1. The van der Waals surface area contributed by atoms with Gasteiger partial charge in [0.2, 0.25) is 5.91 Å². The molecule has 1 aliphatic heterocycles. The Labute approximate surface area is 223 Å². The van der Waals surface area contributed by atoms with E-state index in [4.69, 9.17) is 11.6 Å². The van der Waals surface area contributed by atoms with Crippen LogP contribution in [0.2, 0.25) is 5.02 Å². The largest absolute Gasteiger partial charge is 0.385 e. The number of benzene rings is 2. The quantitative estimate of drug-likeness (QED) is 0.407. The number of piperidine rings is 1. The van der Waals surface area contributed by atoms with Crippen LogP contribution in [0, 0.1) is 0 Å². The second-order valence-electron chi connectivity index (χ2n) is 9.48. The number of aliphatic hydroxyl groups is 1. The summed E-state index contributed by atoms with van der Waals surface area (Å²) in [5, 5.41) is 11.9. The lowest BCUT2D eigenvalue weighted by molar-refractivity contribution is -0.134. The molecule has 1 saturated heterocycles. The third-order valence-electron chi connectivity index (χ3n) is 7.12. The first-order chi connectivity index (χ1) is 17.2. The SMILES string of the molecule is C/C=C\C=C(/C)C(CCN1CCC(O)(c2ccc(Cl)cc2)CC1)(C(=O)N(C)C)c1ccccc1.CC. The van der Waals surface area contributed by atoms with Gasteiger partial charge in [0.25, 0.3) is 0 Å². The van der Waals surface area contributed by atoms with Crippen LogP contribution in [0.4, 0.5) is 0 Å². The fraction of sp³-hybridized carbons (Fsp3) is 0.452. The maximum absolute atomic E-state index is 13.8. The summed E-state index contributed by atoms with van der Waals surface area (Å²) < 4.78 is 0. The lowest BCUT2D eigenvalue weighted by atomic mass is 9.70. The van der Waals surface area contributed by atoms with Gasteiger partial charge in [0.15, 0.2) is 0 Å². The van der Waals surface area contributed by atoms with Crippen molar-refractivity contribution in [2.75, 3.05) is 33.7 Å². The predicted molar refractivity (Wildman–Crippen MR) is 152 cm³/mol. The van der Waals surface area contributed by atoms with Crippen LogP contribution in [0.15, 0.2) is 78.4 Å². The number of halogens is 1. The molecule has 2 aromatic rings. The third kappa shape index (κ3) is 6.88. The van der Waals surface area contributed by atoms with E-state index in [1.54, 1.807) is 4.90 Å². The molecular weight excluding hydrogens is 468 g/mol. The first kappa shape index (κ1) is 29.8. The molecular formula is C31H43ClN2O2. The zero-order chi connectivity index (χ0) is 26.8. The summed E-state index contributed by atoms with van der Waals surface area (Å²) in [5.74, 6) is 0.0895. The summed E-state index contributed by atoms with van der Waals surface area (Å²) >= 11 is 6.03. The van der Waals surface area contributed by atoms with Crippen molar-refractivity contribution in [2.45, 2.75) is 58.0 Å². The minimum atomic E-state index is -0.835. The maximum Gasteiger partial charge on any atom is 0.236 e. The van der Waals surface area contributed by atoms with Crippen LogP contribution >= 0.6 is 11.6 Å². The number of amides is 1. The topological polar surface area (TPSA) is 43.8 Å². The Morgan fingerprint density at radius 2 is 1.67 bits per heavy atom. The molecule has 1 heterocycles. The molecule has 0 aliphatic carbocycles. The average Bonchev–Trinajstić information content (AvgIpc) is 2.90. The van der Waals surface area contributed by atoms with Crippen LogP contribution in [0.5, 0.6) is 0 Å². The van der Waals surface area contributed by atoms with Crippen LogP contribution in [0.25, 0.3) is 0 Å². The van der Waals surface area contributed by atoms with Crippen molar-refractivity contribution in [1.29, 1.82) is 0 Å². The molecule has 0 radical (unpaired) electrons. The Hall–Kier alpha value is -2.40. The Morgan fingerprint density at radius 3 is 2.19 bits per heavy atom. The standard InChI is InChI=1S/C29H37ClN2O2.C2H6/c1-5-6-10-23(2)29(27(33)31(3)4,25-11-8-7-9-12-25)19-22-32-20-17-28(34,18-21-32)24-13-15-26(30)16-14-24;1-2/h5-16,34H,17-22H2,1-4H3;1-2H3/b6-5-,23-10+;. The molecule has 3 rings (SSSR count). The average molecular weight is 511 g/mol. The Balaban J connectivity index is 0.00000222. The molecule has 2 aromatic carbocycles. The van der Waals surface area contributed by atoms with E-state index in [0.29, 0.717) is 24.3 Å². The fourth-order valence-corrected chi connectivity index (χ4v) is 5.10. The zero-order valence-electron chi connectivity index (χ0n) is 22.8. The highest BCUT2D eigenvalue weighted by Crippen LogP contribution is 2.39. The number of carbonyl (C=O) groups excluding carboxylic acids is 1. The summed E-state index contributed by atoms with van der Waals surface area (Å²) in [5.41, 5.74) is 1.39. The van der Waals surface area contributed by atoms with Gasteiger partial charge in [0, 0.05) is 32.2 Å². The normalized spacial score (nSPS) is 17.7. The van der Waals surface area contributed by atoms with Gasteiger partial charge >= 0.3 is 0 Å². The number of hydrogen-bond acceptors (Lipinski definition) is 3. The van der Waals surface area contributed by atoms with Crippen molar-refractivity contribution in [2.24, 2.45) is 0 Å². The number of nitrogens with zero attached hydrogens (tertiary/aromatic N) is 2. The van der Waals surface area contributed by atoms with Crippen LogP contribution in [-0.4, -0.2) is 54.5 Å². The Kier molecular flexibility index (Phi) is 11.4. The van der Waals surface area contributed by atoms with Gasteiger partial charge < -0.3 is 14.9 Å². The number of carbonyl (C=O) groups is 1. The van der Waals surface area contributed by atoms with Gasteiger partial charge in [-0.2, -0.15) is 0 Å². The lowest BCUT2D eigenvalue weighted by Crippen LogP contribution is -2.49. The van der Waals surface area contributed by atoms with Crippen molar-refractivity contribution in [3.8, 4) is 0 Å². The summed E-state index contributed by atoms with van der Waals surface area (Å²) in [6.07, 6.45) is 8.03. The molecule has 1 atom stereocenters. The van der Waals surface area contributed by atoms with Crippen LogP contribution < -0.4 is 0 Å².